The molecule has 42 heavy (non-hydrogen) atoms. The predicted molar refractivity (Wildman–Crippen MR) is 150 cm³/mol. The van der Waals surface area contributed by atoms with Gasteiger partial charge >= 0.3 is 11.9 Å². The lowest BCUT2D eigenvalue weighted by Crippen LogP contribution is -2.31. The van der Waals surface area contributed by atoms with Crippen LogP contribution in [0.1, 0.15) is 63.6 Å². The van der Waals surface area contributed by atoms with Crippen molar-refractivity contribution in [2.24, 2.45) is 0 Å². The molecule has 0 radical (unpaired) electrons. The summed E-state index contributed by atoms with van der Waals surface area (Å²) in [5, 5.41) is 21.6. The highest BCUT2D eigenvalue weighted by atomic mass is 32.2. The molecule has 1 amide bonds. The first-order valence-corrected chi connectivity index (χ1v) is 15.5. The highest BCUT2D eigenvalue weighted by molar-refractivity contribution is 7.92. The quantitative estimate of drug-likeness (QED) is 0.277. The van der Waals surface area contributed by atoms with E-state index in [0.29, 0.717) is 44.5 Å². The molecule has 2 aromatic carbocycles. The highest BCUT2D eigenvalue weighted by Gasteiger charge is 2.37. The van der Waals surface area contributed by atoms with Gasteiger partial charge in [-0.3, -0.25) is 10.1 Å². The van der Waals surface area contributed by atoms with Crippen LogP contribution in [0.3, 0.4) is 0 Å². The zero-order valence-corrected chi connectivity index (χ0v) is 24.1. The SMILES string of the molecule is Cc1c(C(=O)O)ccc(Oc2cnc(NC(=O)C(OC3CCOCC3)c3ccc(S(=O)(=O)C4CC4)cc3)s2)c1C(=O)O. The standard InChI is InChI=1S/C28H28N2O10S2/c1-15-20(26(32)33)8-9-21(23(15)27(34)35)40-22-14-29-28(41-22)30-25(31)24(39-17-10-12-38-13-11-17)16-2-4-18(5-3-16)42(36,37)19-6-7-19/h2-5,8-9,14,17,19,24H,6-7,10-13H2,1H3,(H,32,33)(H,34,35)(H,29,30,31). The summed E-state index contributed by atoms with van der Waals surface area (Å²) >= 11 is 0.938. The van der Waals surface area contributed by atoms with E-state index in [1.807, 2.05) is 0 Å². The maximum atomic E-state index is 13.5. The first kappa shape index (κ1) is 29.6. The summed E-state index contributed by atoms with van der Waals surface area (Å²) in [6.45, 7) is 2.37. The second kappa shape index (κ2) is 12.2. The number of thiazole rings is 1. The molecule has 1 aliphatic carbocycles. The van der Waals surface area contributed by atoms with Crippen LogP contribution in [0.4, 0.5) is 5.13 Å². The topological polar surface area (TPSA) is 178 Å². The van der Waals surface area contributed by atoms with Gasteiger partial charge in [0, 0.05) is 13.2 Å². The molecule has 3 aromatic rings. The molecule has 14 heteroatoms. The zero-order valence-electron chi connectivity index (χ0n) is 22.4. The molecular formula is C28H28N2O10S2. The Bertz CT molecular complexity index is 1610. The average molecular weight is 617 g/mol. The molecule has 2 aliphatic rings. The number of sulfone groups is 1. The minimum atomic E-state index is -3.39. The van der Waals surface area contributed by atoms with Crippen LogP contribution in [0, 0.1) is 6.92 Å². The van der Waals surface area contributed by atoms with Gasteiger partial charge in [0.15, 0.2) is 21.1 Å². The lowest BCUT2D eigenvalue weighted by molar-refractivity contribution is -0.136. The smallest absolute Gasteiger partial charge is 0.339 e. The number of carbonyl (C=O) groups excluding carboxylic acids is 1. The molecule has 0 bridgehead atoms. The van der Waals surface area contributed by atoms with Crippen LogP contribution in [0.5, 0.6) is 10.8 Å². The third kappa shape index (κ3) is 6.46. The van der Waals surface area contributed by atoms with Crippen molar-refractivity contribution in [2.45, 2.75) is 55.0 Å². The number of nitrogens with zero attached hydrogens (tertiary/aromatic N) is 1. The van der Waals surface area contributed by atoms with Crippen LogP contribution >= 0.6 is 11.3 Å². The van der Waals surface area contributed by atoms with Crippen LogP contribution in [-0.4, -0.2) is 66.0 Å². The third-order valence-corrected chi connectivity index (χ3v) is 10.1. The van der Waals surface area contributed by atoms with E-state index >= 15 is 0 Å². The van der Waals surface area contributed by atoms with Crippen molar-refractivity contribution < 1.29 is 47.2 Å². The Hall–Kier alpha value is -3.85. The van der Waals surface area contributed by atoms with Crippen molar-refractivity contribution >= 4 is 44.2 Å². The Morgan fingerprint density at radius 1 is 1.02 bits per heavy atom. The Balaban J connectivity index is 1.34. The van der Waals surface area contributed by atoms with Gasteiger partial charge < -0.3 is 24.4 Å². The van der Waals surface area contributed by atoms with E-state index in [1.54, 1.807) is 12.1 Å². The van der Waals surface area contributed by atoms with Gasteiger partial charge in [-0.25, -0.2) is 23.0 Å². The van der Waals surface area contributed by atoms with Gasteiger partial charge in [0.05, 0.1) is 28.0 Å². The number of carbonyl (C=O) groups is 3. The second-order valence-corrected chi connectivity index (χ2v) is 13.2. The molecule has 1 aromatic heterocycles. The number of hydrogen-bond acceptors (Lipinski definition) is 10. The minimum absolute atomic E-state index is 0.0367. The summed E-state index contributed by atoms with van der Waals surface area (Å²) in [6.07, 6.45) is 2.48. The Labute approximate surface area is 245 Å². The molecule has 0 spiro atoms. The molecule has 3 N–H and O–H groups in total. The molecule has 1 saturated carbocycles. The van der Waals surface area contributed by atoms with Crippen molar-refractivity contribution in [3.8, 4) is 10.8 Å². The van der Waals surface area contributed by atoms with E-state index in [4.69, 9.17) is 14.2 Å². The molecule has 1 aliphatic heterocycles. The van der Waals surface area contributed by atoms with Crippen molar-refractivity contribution in [1.82, 2.24) is 4.98 Å². The molecule has 222 valence electrons. The number of carboxylic acid groups (broad SMARTS) is 2. The molecule has 2 heterocycles. The van der Waals surface area contributed by atoms with Gasteiger partial charge in [-0.2, -0.15) is 0 Å². The first-order valence-electron chi connectivity index (χ1n) is 13.2. The number of aromatic nitrogens is 1. The summed E-state index contributed by atoms with van der Waals surface area (Å²) < 4.78 is 42.5. The number of ether oxygens (including phenoxy) is 3. The Morgan fingerprint density at radius 3 is 2.33 bits per heavy atom. The van der Waals surface area contributed by atoms with Crippen LogP contribution < -0.4 is 10.1 Å². The Morgan fingerprint density at radius 2 is 1.71 bits per heavy atom. The predicted octanol–water partition coefficient (Wildman–Crippen LogP) is 4.45. The lowest BCUT2D eigenvalue weighted by atomic mass is 10.0. The van der Waals surface area contributed by atoms with Gasteiger partial charge in [-0.1, -0.05) is 23.5 Å². The molecule has 5 rings (SSSR count). The fraction of sp³-hybridized carbons (Fsp3) is 0.357. The maximum absolute atomic E-state index is 13.5. The fourth-order valence-electron chi connectivity index (χ4n) is 4.61. The highest BCUT2D eigenvalue weighted by Crippen LogP contribution is 2.36. The summed E-state index contributed by atoms with van der Waals surface area (Å²) in [5.41, 5.74) is 0.0492. The number of aromatic carboxylic acids is 2. The normalized spacial score (nSPS) is 16.5. The van der Waals surface area contributed by atoms with Gasteiger partial charge in [0.1, 0.15) is 11.3 Å². The minimum Gasteiger partial charge on any atom is -0.478 e. The Kier molecular flexibility index (Phi) is 8.59. The van der Waals surface area contributed by atoms with Crippen LogP contribution in [0.15, 0.2) is 47.5 Å². The number of rotatable bonds is 11. The van der Waals surface area contributed by atoms with Gasteiger partial charge in [-0.15, -0.1) is 0 Å². The number of benzene rings is 2. The number of amides is 1. The zero-order chi connectivity index (χ0) is 30.0. The van der Waals surface area contributed by atoms with Gasteiger partial charge in [0.25, 0.3) is 5.91 Å². The summed E-state index contributed by atoms with van der Waals surface area (Å²) in [5.74, 6) is -3.23. The molecule has 2 fully saturated rings. The van der Waals surface area contributed by atoms with E-state index in [2.05, 4.69) is 10.3 Å². The summed E-state index contributed by atoms with van der Waals surface area (Å²) in [4.78, 5) is 41.1. The van der Waals surface area contributed by atoms with E-state index in [0.717, 1.165) is 11.3 Å². The average Bonchev–Trinajstić information content (AvgIpc) is 3.74. The molecule has 1 unspecified atom stereocenters. The number of carboxylic acids is 2. The van der Waals surface area contributed by atoms with Crippen molar-refractivity contribution in [1.29, 1.82) is 0 Å². The summed E-state index contributed by atoms with van der Waals surface area (Å²) in [6, 6.07) is 8.63. The van der Waals surface area contributed by atoms with E-state index in [-0.39, 0.29) is 48.9 Å². The van der Waals surface area contributed by atoms with Crippen molar-refractivity contribution in [2.75, 3.05) is 18.5 Å². The second-order valence-electron chi connectivity index (χ2n) is 9.94. The van der Waals surface area contributed by atoms with Gasteiger partial charge in [-0.05, 0) is 68.0 Å². The van der Waals surface area contributed by atoms with Crippen LogP contribution in [0.25, 0.3) is 0 Å². The number of nitrogens with one attached hydrogen (secondary N) is 1. The van der Waals surface area contributed by atoms with E-state index in [9.17, 15) is 33.0 Å². The number of hydrogen-bond donors (Lipinski definition) is 3. The van der Waals surface area contributed by atoms with Crippen molar-refractivity contribution in [3.63, 3.8) is 0 Å². The molecule has 1 saturated heterocycles. The van der Waals surface area contributed by atoms with Crippen molar-refractivity contribution in [3.05, 3.63) is 64.8 Å². The van der Waals surface area contributed by atoms with E-state index < -0.39 is 33.8 Å². The summed E-state index contributed by atoms with van der Waals surface area (Å²) in [7, 11) is -3.39. The number of anilines is 1. The monoisotopic (exact) mass is 616 g/mol. The van der Waals surface area contributed by atoms with Crippen LogP contribution in [-0.2, 0) is 24.1 Å². The lowest BCUT2D eigenvalue weighted by Gasteiger charge is -2.27. The van der Waals surface area contributed by atoms with Gasteiger partial charge in [0.2, 0.25) is 5.06 Å². The largest absolute Gasteiger partial charge is 0.478 e. The molecule has 1 atom stereocenters. The first-order chi connectivity index (χ1) is 20.0. The molecule has 12 nitrogen and oxygen atoms in total. The van der Waals surface area contributed by atoms with E-state index in [1.165, 1.54) is 37.4 Å². The maximum Gasteiger partial charge on any atom is 0.339 e. The third-order valence-electron chi connectivity index (χ3n) is 7.01. The van der Waals surface area contributed by atoms with Crippen LogP contribution in [0.2, 0.25) is 0 Å². The fourth-order valence-corrected chi connectivity index (χ4v) is 6.95. The molecular weight excluding hydrogens is 588 g/mol.